The number of nitrogen functional groups attached to an aromatic ring is 1. The topological polar surface area (TPSA) is 165 Å². The maximum Gasteiger partial charge on any atom is 0.167 e. The molecule has 12 heteroatoms. The molecule has 1 aliphatic rings. The molecule has 0 radical (unpaired) electrons. The summed E-state index contributed by atoms with van der Waals surface area (Å²) in [6.07, 6.45) is 0.993. The Morgan fingerprint density at radius 2 is 1.97 bits per heavy atom. The second-order valence-corrected chi connectivity index (χ2v) is 12.2. The predicted molar refractivity (Wildman–Crippen MR) is 141 cm³/mol. The van der Waals surface area contributed by atoms with Crippen molar-refractivity contribution < 1.29 is 19.2 Å². The van der Waals surface area contributed by atoms with E-state index in [-0.39, 0.29) is 17.0 Å². The van der Waals surface area contributed by atoms with Crippen LogP contribution in [-0.2, 0) is 27.4 Å². The van der Waals surface area contributed by atoms with Crippen molar-refractivity contribution in [3.63, 3.8) is 0 Å². The van der Waals surface area contributed by atoms with Crippen molar-refractivity contribution in [3.05, 3.63) is 42.2 Å². The lowest BCUT2D eigenvalue weighted by Gasteiger charge is -2.18. The van der Waals surface area contributed by atoms with Crippen LogP contribution in [-0.4, -0.2) is 73.7 Å². The van der Waals surface area contributed by atoms with Crippen molar-refractivity contribution in [3.8, 4) is 0 Å². The Hall–Kier alpha value is -2.93. The van der Waals surface area contributed by atoms with Gasteiger partial charge in [-0.3, -0.25) is 8.78 Å². The normalized spacial score (nSPS) is 23.3. The third-order valence-electron chi connectivity index (χ3n) is 6.78. The second kappa shape index (κ2) is 10.1. The highest BCUT2D eigenvalue weighted by Gasteiger charge is 2.44. The number of nitrogens with two attached hydrogens (primary N) is 1. The number of nitrogens with zero attached hydrogens (tertiary/aromatic N) is 5. The van der Waals surface area contributed by atoms with Gasteiger partial charge >= 0.3 is 0 Å². The van der Waals surface area contributed by atoms with Crippen molar-refractivity contribution in [1.82, 2.24) is 29.5 Å². The summed E-state index contributed by atoms with van der Waals surface area (Å²) in [5.41, 5.74) is 9.93. The van der Waals surface area contributed by atoms with E-state index >= 15 is 0 Å². The highest BCUT2D eigenvalue weighted by molar-refractivity contribution is 7.85. The Labute approximate surface area is 217 Å². The number of aliphatic hydroxyl groups is 2. The minimum Gasteiger partial charge on any atom is -0.387 e. The number of anilines is 1. The highest BCUT2D eigenvalue weighted by atomic mass is 32.2. The van der Waals surface area contributed by atoms with Gasteiger partial charge in [0.05, 0.1) is 23.1 Å². The SMILES string of the molecule is CC(C)(C)c1ccc2nc(CCCCS(=O)CC3OC(n4cnc5c(N)ncnc54)C(O)C3O)[nH]c2c1. The first-order valence-electron chi connectivity index (χ1n) is 12.4. The van der Waals surface area contributed by atoms with Crippen molar-refractivity contribution in [2.45, 2.75) is 70.0 Å². The molecule has 0 saturated carbocycles. The standard InChI is InChI=1S/C25H33N7O4S/c1-25(2,3)14-7-8-15-16(10-14)31-18(30-15)6-4-5-9-37(35)11-17-20(33)21(34)24(36-17)32-13-29-19-22(26)27-12-28-23(19)32/h7-8,10,12-13,17,20-21,24,33-34H,4-6,9,11H2,1-3H3,(H,30,31)(H2,26,27,28). The zero-order valence-electron chi connectivity index (χ0n) is 21.2. The molecule has 1 fully saturated rings. The number of fused-ring (bicyclic) bond motifs is 2. The number of ether oxygens (including phenoxy) is 1. The van der Waals surface area contributed by atoms with Crippen molar-refractivity contribution in [2.75, 3.05) is 17.2 Å². The monoisotopic (exact) mass is 527 g/mol. The molecule has 198 valence electrons. The summed E-state index contributed by atoms with van der Waals surface area (Å²) in [5.74, 6) is 1.73. The Morgan fingerprint density at radius 1 is 1.16 bits per heavy atom. The Morgan fingerprint density at radius 3 is 2.76 bits per heavy atom. The summed E-state index contributed by atoms with van der Waals surface area (Å²) in [6, 6.07) is 6.33. The third kappa shape index (κ3) is 5.24. The average Bonchev–Trinajstić information content (AvgIpc) is 3.53. The van der Waals surface area contributed by atoms with Gasteiger partial charge in [0.15, 0.2) is 17.7 Å². The van der Waals surface area contributed by atoms with Crippen LogP contribution in [0.5, 0.6) is 0 Å². The molecular formula is C25H33N7O4S. The first-order chi connectivity index (χ1) is 17.6. The molecule has 1 aromatic carbocycles. The number of nitrogens with one attached hydrogen (secondary N) is 1. The molecule has 37 heavy (non-hydrogen) atoms. The molecular weight excluding hydrogens is 494 g/mol. The van der Waals surface area contributed by atoms with Gasteiger partial charge in [-0.15, -0.1) is 0 Å². The number of hydrogen-bond donors (Lipinski definition) is 4. The molecule has 5 atom stereocenters. The molecule has 4 heterocycles. The molecule has 11 nitrogen and oxygen atoms in total. The van der Waals surface area contributed by atoms with E-state index in [9.17, 15) is 14.4 Å². The molecule has 1 saturated heterocycles. The number of imidazole rings is 2. The smallest absolute Gasteiger partial charge is 0.167 e. The number of benzene rings is 1. The van der Waals surface area contributed by atoms with Gasteiger partial charge in [-0.2, -0.15) is 0 Å². The molecule has 4 aromatic rings. The number of unbranched alkanes of at least 4 members (excludes halogenated alkanes) is 1. The zero-order chi connectivity index (χ0) is 26.3. The Bertz CT molecular complexity index is 1430. The van der Waals surface area contributed by atoms with Gasteiger partial charge in [0.25, 0.3) is 0 Å². The van der Waals surface area contributed by atoms with E-state index in [1.165, 1.54) is 22.8 Å². The van der Waals surface area contributed by atoms with Crippen LogP contribution in [0.2, 0.25) is 0 Å². The number of aliphatic hydroxyl groups excluding tert-OH is 2. The van der Waals surface area contributed by atoms with E-state index in [0.29, 0.717) is 16.9 Å². The maximum absolute atomic E-state index is 12.7. The molecule has 0 amide bonds. The molecule has 3 aromatic heterocycles. The van der Waals surface area contributed by atoms with Gasteiger partial charge in [-0.25, -0.2) is 19.9 Å². The Kier molecular flexibility index (Phi) is 7.01. The van der Waals surface area contributed by atoms with Gasteiger partial charge in [0.2, 0.25) is 0 Å². The minimum absolute atomic E-state index is 0.0745. The van der Waals surface area contributed by atoms with E-state index in [1.54, 1.807) is 0 Å². The van der Waals surface area contributed by atoms with Crippen LogP contribution in [0.15, 0.2) is 30.9 Å². The minimum atomic E-state index is -1.22. The molecule has 5 unspecified atom stereocenters. The fourth-order valence-corrected chi connectivity index (χ4v) is 5.96. The number of aromatic amines is 1. The van der Waals surface area contributed by atoms with E-state index in [1.807, 2.05) is 6.07 Å². The number of rotatable bonds is 8. The second-order valence-electron chi connectivity index (χ2n) is 10.6. The summed E-state index contributed by atoms with van der Waals surface area (Å²) in [7, 11) is -1.22. The molecule has 5 rings (SSSR count). The lowest BCUT2D eigenvalue weighted by Crippen LogP contribution is -2.34. The van der Waals surface area contributed by atoms with Crippen LogP contribution in [0.25, 0.3) is 22.2 Å². The summed E-state index contributed by atoms with van der Waals surface area (Å²) in [4.78, 5) is 20.3. The van der Waals surface area contributed by atoms with Gasteiger partial charge in [0, 0.05) is 23.0 Å². The van der Waals surface area contributed by atoms with Crippen LogP contribution in [0.1, 0.15) is 51.2 Å². The van der Waals surface area contributed by atoms with E-state index in [4.69, 9.17) is 10.5 Å². The van der Waals surface area contributed by atoms with Gasteiger partial charge < -0.3 is 25.7 Å². The first-order valence-corrected chi connectivity index (χ1v) is 13.9. The molecule has 0 spiro atoms. The van der Waals surface area contributed by atoms with Gasteiger partial charge in [-0.05, 0) is 36.0 Å². The van der Waals surface area contributed by atoms with Crippen LogP contribution in [0.3, 0.4) is 0 Å². The largest absolute Gasteiger partial charge is 0.387 e. The lowest BCUT2D eigenvalue weighted by atomic mass is 9.87. The summed E-state index contributed by atoms with van der Waals surface area (Å²) in [6.45, 7) is 6.56. The number of aryl methyl sites for hydroxylation is 1. The fraction of sp³-hybridized carbons (Fsp3) is 0.520. The number of hydrogen-bond acceptors (Lipinski definition) is 9. The van der Waals surface area contributed by atoms with Crippen molar-refractivity contribution in [2.24, 2.45) is 0 Å². The molecule has 0 aliphatic carbocycles. The van der Waals surface area contributed by atoms with Crippen LogP contribution in [0, 0.1) is 0 Å². The number of aromatic nitrogens is 6. The summed E-state index contributed by atoms with van der Waals surface area (Å²) >= 11 is 0. The summed E-state index contributed by atoms with van der Waals surface area (Å²) in [5, 5.41) is 21.1. The first kappa shape index (κ1) is 25.7. The average molecular weight is 528 g/mol. The molecule has 1 aliphatic heterocycles. The maximum atomic E-state index is 12.7. The van der Waals surface area contributed by atoms with Crippen molar-refractivity contribution in [1.29, 1.82) is 0 Å². The lowest BCUT2D eigenvalue weighted by molar-refractivity contribution is -0.0290. The van der Waals surface area contributed by atoms with Crippen molar-refractivity contribution >= 4 is 38.8 Å². The number of H-pyrrole nitrogens is 1. The van der Waals surface area contributed by atoms with Crippen LogP contribution < -0.4 is 5.73 Å². The van der Waals surface area contributed by atoms with Crippen LogP contribution in [0.4, 0.5) is 5.82 Å². The fourth-order valence-electron chi connectivity index (χ4n) is 4.62. The highest BCUT2D eigenvalue weighted by Crippen LogP contribution is 2.32. The summed E-state index contributed by atoms with van der Waals surface area (Å²) < 4.78 is 20.2. The van der Waals surface area contributed by atoms with E-state index in [2.05, 4.69) is 57.8 Å². The quantitative estimate of drug-likeness (QED) is 0.251. The zero-order valence-corrected chi connectivity index (χ0v) is 22.0. The van der Waals surface area contributed by atoms with Crippen LogP contribution >= 0.6 is 0 Å². The van der Waals surface area contributed by atoms with Gasteiger partial charge in [-0.1, -0.05) is 26.8 Å². The van der Waals surface area contributed by atoms with Gasteiger partial charge in [0.1, 0.15) is 36.0 Å². The van der Waals surface area contributed by atoms with E-state index in [0.717, 1.165) is 36.1 Å². The Balaban J connectivity index is 1.13. The predicted octanol–water partition coefficient (Wildman–Crippen LogP) is 1.97. The molecule has 5 N–H and O–H groups in total. The molecule has 0 bridgehead atoms. The van der Waals surface area contributed by atoms with E-state index < -0.39 is 35.3 Å². The third-order valence-corrected chi connectivity index (χ3v) is 8.23.